The summed E-state index contributed by atoms with van der Waals surface area (Å²) in [5.41, 5.74) is 1.71. The summed E-state index contributed by atoms with van der Waals surface area (Å²) in [6.07, 6.45) is 2.41. The molecule has 1 aromatic rings. The number of aromatic nitrogens is 1. The highest BCUT2D eigenvalue weighted by atomic mass is 16.4. The van der Waals surface area contributed by atoms with Crippen LogP contribution in [0.1, 0.15) is 22.5 Å². The lowest BCUT2D eigenvalue weighted by Gasteiger charge is -2.27. The fourth-order valence-electron chi connectivity index (χ4n) is 2.34. The second kappa shape index (κ2) is 7.21. The minimum Gasteiger partial charge on any atom is -0.478 e. The first kappa shape index (κ1) is 14.7. The Morgan fingerprint density at radius 3 is 2.95 bits per heavy atom. The van der Waals surface area contributed by atoms with Gasteiger partial charge >= 0.3 is 5.97 Å². The number of pyridine rings is 1. The van der Waals surface area contributed by atoms with Gasteiger partial charge in [0.15, 0.2) is 0 Å². The van der Waals surface area contributed by atoms with E-state index in [9.17, 15) is 4.79 Å². The molecule has 0 radical (unpaired) electrons. The highest BCUT2D eigenvalue weighted by molar-refractivity contribution is 5.93. The van der Waals surface area contributed by atoms with Crippen LogP contribution in [0.25, 0.3) is 0 Å². The van der Waals surface area contributed by atoms with Crippen molar-refractivity contribution in [3.8, 4) is 0 Å². The number of aromatic carboxylic acids is 1. The maximum absolute atomic E-state index is 11.1. The van der Waals surface area contributed by atoms with Crippen LogP contribution >= 0.6 is 0 Å². The van der Waals surface area contributed by atoms with Gasteiger partial charge < -0.3 is 20.6 Å². The van der Waals surface area contributed by atoms with Crippen LogP contribution in [0.3, 0.4) is 0 Å². The second-order valence-electron chi connectivity index (χ2n) is 5.05. The van der Waals surface area contributed by atoms with E-state index in [2.05, 4.69) is 20.5 Å². The van der Waals surface area contributed by atoms with Crippen LogP contribution in [0, 0.1) is 6.92 Å². The molecule has 1 aromatic heterocycles. The molecule has 0 spiro atoms. The summed E-state index contributed by atoms with van der Waals surface area (Å²) in [6, 6.07) is 1.79. The summed E-state index contributed by atoms with van der Waals surface area (Å²) < 4.78 is 0. The van der Waals surface area contributed by atoms with E-state index < -0.39 is 5.97 Å². The minimum absolute atomic E-state index is 0.234. The van der Waals surface area contributed by atoms with Gasteiger partial charge in [-0.05, 0) is 26.0 Å². The molecule has 0 amide bonds. The second-order valence-corrected chi connectivity index (χ2v) is 5.05. The highest BCUT2D eigenvalue weighted by Crippen LogP contribution is 2.15. The van der Waals surface area contributed by atoms with Crippen LogP contribution in [0.15, 0.2) is 12.3 Å². The van der Waals surface area contributed by atoms with E-state index in [0.29, 0.717) is 5.69 Å². The first-order valence-corrected chi connectivity index (χ1v) is 7.03. The van der Waals surface area contributed by atoms with Crippen LogP contribution in [0.2, 0.25) is 0 Å². The maximum Gasteiger partial charge on any atom is 0.339 e. The highest BCUT2D eigenvalue weighted by Gasteiger charge is 2.11. The predicted molar refractivity (Wildman–Crippen MR) is 78.3 cm³/mol. The molecule has 3 N–H and O–H groups in total. The fraction of sp³-hybridized carbons (Fsp3) is 0.571. The molecule has 2 rings (SSSR count). The van der Waals surface area contributed by atoms with E-state index in [1.54, 1.807) is 6.07 Å². The number of aryl methyl sites for hydroxylation is 1. The smallest absolute Gasteiger partial charge is 0.339 e. The van der Waals surface area contributed by atoms with Gasteiger partial charge in [-0.1, -0.05) is 0 Å². The molecule has 1 saturated heterocycles. The molecule has 2 heterocycles. The summed E-state index contributed by atoms with van der Waals surface area (Å²) >= 11 is 0. The molecule has 1 aliphatic heterocycles. The minimum atomic E-state index is -0.942. The lowest BCUT2D eigenvalue weighted by Crippen LogP contribution is -2.44. The Labute approximate surface area is 119 Å². The summed E-state index contributed by atoms with van der Waals surface area (Å²) in [5, 5.41) is 15.7. The molecule has 0 bridgehead atoms. The molecule has 110 valence electrons. The van der Waals surface area contributed by atoms with Gasteiger partial charge in [-0.15, -0.1) is 0 Å². The molecular formula is C14H22N4O2. The lowest BCUT2D eigenvalue weighted by molar-refractivity contribution is 0.0697. The number of hydrogen-bond acceptors (Lipinski definition) is 5. The number of nitrogens with one attached hydrogen (secondary N) is 2. The van der Waals surface area contributed by atoms with Gasteiger partial charge in [0, 0.05) is 44.6 Å². The van der Waals surface area contributed by atoms with Gasteiger partial charge in [0.2, 0.25) is 0 Å². The largest absolute Gasteiger partial charge is 0.478 e. The molecule has 0 saturated carbocycles. The lowest BCUT2D eigenvalue weighted by atomic mass is 10.2. The third kappa shape index (κ3) is 4.18. The topological polar surface area (TPSA) is 77.5 Å². The quantitative estimate of drug-likeness (QED) is 0.668. The van der Waals surface area contributed by atoms with E-state index in [-0.39, 0.29) is 5.56 Å². The molecule has 0 atom stereocenters. The number of nitrogens with zero attached hydrogens (tertiary/aromatic N) is 2. The molecule has 1 aliphatic rings. The van der Waals surface area contributed by atoms with Gasteiger partial charge in [-0.2, -0.15) is 0 Å². The summed E-state index contributed by atoms with van der Waals surface area (Å²) in [5.74, 6) is -0.942. The molecule has 20 heavy (non-hydrogen) atoms. The number of anilines is 1. The van der Waals surface area contributed by atoms with Gasteiger partial charge in [-0.3, -0.25) is 4.98 Å². The Balaban J connectivity index is 1.81. The monoisotopic (exact) mass is 278 g/mol. The van der Waals surface area contributed by atoms with Crippen molar-refractivity contribution >= 4 is 11.7 Å². The van der Waals surface area contributed by atoms with Gasteiger partial charge in [0.05, 0.1) is 5.69 Å². The first-order chi connectivity index (χ1) is 9.66. The molecular weight excluding hydrogens is 256 g/mol. The molecule has 6 heteroatoms. The third-order valence-electron chi connectivity index (χ3n) is 3.45. The van der Waals surface area contributed by atoms with Gasteiger partial charge in [-0.25, -0.2) is 4.79 Å². The van der Waals surface area contributed by atoms with Crippen molar-refractivity contribution in [2.45, 2.75) is 13.3 Å². The zero-order chi connectivity index (χ0) is 14.4. The molecule has 6 nitrogen and oxygen atoms in total. The van der Waals surface area contributed by atoms with Crippen LogP contribution in [-0.2, 0) is 0 Å². The van der Waals surface area contributed by atoms with E-state index in [1.165, 1.54) is 6.20 Å². The Morgan fingerprint density at radius 1 is 1.50 bits per heavy atom. The van der Waals surface area contributed by atoms with E-state index >= 15 is 0 Å². The number of hydrogen-bond donors (Lipinski definition) is 3. The van der Waals surface area contributed by atoms with E-state index in [1.807, 2.05) is 6.92 Å². The van der Waals surface area contributed by atoms with Crippen molar-refractivity contribution in [1.29, 1.82) is 0 Å². The molecule has 0 aromatic carbocycles. The van der Waals surface area contributed by atoms with E-state index in [4.69, 9.17) is 5.11 Å². The zero-order valence-electron chi connectivity index (χ0n) is 11.9. The molecule has 1 fully saturated rings. The Kier molecular flexibility index (Phi) is 5.31. The van der Waals surface area contributed by atoms with Crippen molar-refractivity contribution in [3.05, 3.63) is 23.5 Å². The number of carbonyl (C=O) groups is 1. The fourth-order valence-corrected chi connectivity index (χ4v) is 2.34. The number of rotatable bonds is 6. The van der Waals surface area contributed by atoms with Crippen molar-refractivity contribution in [2.24, 2.45) is 0 Å². The predicted octanol–water partition coefficient (Wildman–Crippen LogP) is 0.795. The third-order valence-corrected chi connectivity index (χ3v) is 3.45. The van der Waals surface area contributed by atoms with Gasteiger partial charge in [0.1, 0.15) is 5.56 Å². The number of carboxylic acid groups (broad SMARTS) is 1. The Morgan fingerprint density at radius 2 is 2.25 bits per heavy atom. The van der Waals surface area contributed by atoms with Crippen LogP contribution in [0.4, 0.5) is 5.69 Å². The maximum atomic E-state index is 11.1. The SMILES string of the molecule is Cc1cc(NCCCN2CCNCC2)c(C(=O)O)cn1. The number of piperazine rings is 1. The van der Waals surface area contributed by atoms with Crippen LogP contribution < -0.4 is 10.6 Å². The van der Waals surface area contributed by atoms with Crippen LogP contribution in [0.5, 0.6) is 0 Å². The Bertz CT molecular complexity index is 458. The summed E-state index contributed by atoms with van der Waals surface area (Å²) in [4.78, 5) is 17.6. The van der Waals surface area contributed by atoms with Crippen molar-refractivity contribution in [1.82, 2.24) is 15.2 Å². The zero-order valence-corrected chi connectivity index (χ0v) is 11.9. The van der Waals surface area contributed by atoms with E-state index in [0.717, 1.165) is 51.4 Å². The van der Waals surface area contributed by atoms with Crippen molar-refractivity contribution < 1.29 is 9.90 Å². The molecule has 0 aliphatic carbocycles. The summed E-state index contributed by atoms with van der Waals surface area (Å²) in [6.45, 7) is 7.97. The Hall–Kier alpha value is -1.66. The average molecular weight is 278 g/mol. The van der Waals surface area contributed by atoms with Crippen molar-refractivity contribution in [3.63, 3.8) is 0 Å². The summed E-state index contributed by atoms with van der Waals surface area (Å²) in [7, 11) is 0. The van der Waals surface area contributed by atoms with Gasteiger partial charge in [0.25, 0.3) is 0 Å². The standard InChI is InChI=1S/C14H22N4O2/c1-11-9-13(12(10-17-11)14(19)20)16-3-2-6-18-7-4-15-5-8-18/h9-10,15H,2-8H2,1H3,(H,16,17)(H,19,20). The number of carboxylic acids is 1. The first-order valence-electron chi connectivity index (χ1n) is 7.03. The normalized spacial score (nSPS) is 16.1. The average Bonchev–Trinajstić information content (AvgIpc) is 2.44. The molecule has 0 unspecified atom stereocenters. The van der Waals surface area contributed by atoms with Crippen molar-refractivity contribution in [2.75, 3.05) is 44.6 Å². The van der Waals surface area contributed by atoms with Crippen LogP contribution in [-0.4, -0.2) is 60.2 Å².